The van der Waals surface area contributed by atoms with E-state index in [2.05, 4.69) is 21.0 Å². The highest BCUT2D eigenvalue weighted by Crippen LogP contribution is 2.20. The van der Waals surface area contributed by atoms with Gasteiger partial charge in [-0.25, -0.2) is 8.42 Å². The number of anilines is 1. The van der Waals surface area contributed by atoms with Gasteiger partial charge in [-0.15, -0.1) is 0 Å². The van der Waals surface area contributed by atoms with Crippen molar-refractivity contribution in [3.8, 4) is 0 Å². The zero-order chi connectivity index (χ0) is 24.8. The summed E-state index contributed by atoms with van der Waals surface area (Å²) in [4.78, 5) is 15.2. The molecule has 1 heterocycles. The number of carbonyl (C=O) groups is 1. The minimum Gasteiger partial charge on any atom is -0.389 e. The van der Waals surface area contributed by atoms with Crippen LogP contribution in [0.5, 0.6) is 0 Å². The number of nitrogens with one attached hydrogen (secondary N) is 2. The quantitative estimate of drug-likeness (QED) is 0.417. The van der Waals surface area contributed by atoms with Crippen molar-refractivity contribution in [1.82, 2.24) is 10.2 Å². The van der Waals surface area contributed by atoms with E-state index in [4.69, 9.17) is 0 Å². The van der Waals surface area contributed by atoms with Gasteiger partial charge in [-0.1, -0.05) is 36.4 Å². The molecule has 0 aliphatic carbocycles. The Morgan fingerprint density at radius 3 is 2.20 bits per heavy atom. The Bertz CT molecular complexity index is 1250. The number of aliphatic hydroxyl groups is 1. The number of likely N-dealkylation sites (tertiary alicyclic amines) is 1. The van der Waals surface area contributed by atoms with Crippen LogP contribution in [0.1, 0.15) is 52.9 Å². The summed E-state index contributed by atoms with van der Waals surface area (Å²) in [7, 11) is -3.79. The fourth-order valence-electron chi connectivity index (χ4n) is 4.17. The lowest BCUT2D eigenvalue weighted by molar-refractivity contribution is 0.0950. The summed E-state index contributed by atoms with van der Waals surface area (Å²) in [5.74, 6) is -0.218. The molecule has 1 amide bonds. The van der Waals surface area contributed by atoms with Crippen molar-refractivity contribution in [3.63, 3.8) is 0 Å². The van der Waals surface area contributed by atoms with Gasteiger partial charge in [-0.3, -0.25) is 14.4 Å². The van der Waals surface area contributed by atoms with Gasteiger partial charge in [-0.05, 0) is 85.9 Å². The molecule has 0 bridgehead atoms. The molecule has 1 fully saturated rings. The van der Waals surface area contributed by atoms with Gasteiger partial charge < -0.3 is 10.4 Å². The van der Waals surface area contributed by atoms with Crippen molar-refractivity contribution >= 4 is 21.6 Å². The van der Waals surface area contributed by atoms with Gasteiger partial charge in [0.2, 0.25) is 0 Å². The number of carbonyl (C=O) groups excluding carboxylic acids is 1. The summed E-state index contributed by atoms with van der Waals surface area (Å²) < 4.78 is 27.8. The predicted octanol–water partition coefficient (Wildman–Crippen LogP) is 4.07. The molecule has 4 rings (SSSR count). The molecule has 35 heavy (non-hydrogen) atoms. The Labute approximate surface area is 206 Å². The molecule has 0 aromatic heterocycles. The van der Waals surface area contributed by atoms with E-state index >= 15 is 0 Å². The summed E-state index contributed by atoms with van der Waals surface area (Å²) in [5.41, 5.74) is 3.76. The van der Waals surface area contributed by atoms with Crippen molar-refractivity contribution < 1.29 is 18.3 Å². The SMILES string of the molecule is CC(O)c1ccc(S(=O)(=O)Nc2ccc(C(=O)NCc3ccccc3CN3CCCC3)cc2)cc1. The molecule has 184 valence electrons. The number of amides is 1. The first-order valence-corrected chi connectivity index (χ1v) is 13.3. The fraction of sp³-hybridized carbons (Fsp3) is 0.296. The molecule has 3 N–H and O–H groups in total. The molecule has 7 nitrogen and oxygen atoms in total. The second kappa shape index (κ2) is 11.0. The number of hydrogen-bond acceptors (Lipinski definition) is 5. The number of aliphatic hydroxyl groups excluding tert-OH is 1. The second-order valence-corrected chi connectivity index (χ2v) is 10.5. The first-order chi connectivity index (χ1) is 16.8. The maximum absolute atomic E-state index is 12.7. The van der Waals surface area contributed by atoms with E-state index in [1.54, 1.807) is 43.3 Å². The Balaban J connectivity index is 1.36. The first kappa shape index (κ1) is 24.9. The van der Waals surface area contributed by atoms with Gasteiger partial charge in [-0.2, -0.15) is 0 Å². The number of rotatable bonds is 9. The first-order valence-electron chi connectivity index (χ1n) is 11.8. The monoisotopic (exact) mass is 493 g/mol. The van der Waals surface area contributed by atoms with Gasteiger partial charge in [0.1, 0.15) is 0 Å². The predicted molar refractivity (Wildman–Crippen MR) is 136 cm³/mol. The van der Waals surface area contributed by atoms with E-state index in [9.17, 15) is 18.3 Å². The Hall–Kier alpha value is -3.20. The Morgan fingerprint density at radius 1 is 0.943 bits per heavy atom. The summed E-state index contributed by atoms with van der Waals surface area (Å²) in [5, 5.41) is 12.6. The van der Waals surface area contributed by atoms with Crippen LogP contribution in [0.2, 0.25) is 0 Å². The number of sulfonamides is 1. The molecule has 0 spiro atoms. The van der Waals surface area contributed by atoms with Crippen molar-refractivity contribution in [1.29, 1.82) is 0 Å². The van der Waals surface area contributed by atoms with E-state index in [1.807, 2.05) is 18.2 Å². The van der Waals surface area contributed by atoms with Crippen LogP contribution in [0.4, 0.5) is 5.69 Å². The summed E-state index contributed by atoms with van der Waals surface area (Å²) in [6.07, 6.45) is 1.80. The van der Waals surface area contributed by atoms with Gasteiger partial charge in [0.05, 0.1) is 11.0 Å². The lowest BCUT2D eigenvalue weighted by atomic mass is 10.1. The maximum atomic E-state index is 12.7. The molecule has 0 radical (unpaired) electrons. The van der Waals surface area contributed by atoms with Crippen LogP contribution in [0.3, 0.4) is 0 Å². The van der Waals surface area contributed by atoms with Crippen molar-refractivity contribution in [2.75, 3.05) is 17.8 Å². The average molecular weight is 494 g/mol. The summed E-state index contributed by atoms with van der Waals surface area (Å²) >= 11 is 0. The molecular weight excluding hydrogens is 462 g/mol. The minimum absolute atomic E-state index is 0.0938. The number of hydrogen-bond donors (Lipinski definition) is 3. The fourth-order valence-corrected chi connectivity index (χ4v) is 5.23. The highest BCUT2D eigenvalue weighted by Gasteiger charge is 2.16. The molecule has 1 saturated heterocycles. The van der Waals surface area contributed by atoms with Gasteiger partial charge in [0.25, 0.3) is 15.9 Å². The Morgan fingerprint density at radius 2 is 1.57 bits per heavy atom. The third-order valence-corrected chi connectivity index (χ3v) is 7.62. The van der Waals surface area contributed by atoms with Gasteiger partial charge in [0, 0.05) is 24.3 Å². The zero-order valence-electron chi connectivity index (χ0n) is 19.8. The summed E-state index contributed by atoms with van der Waals surface area (Å²) in [6, 6.07) is 20.5. The maximum Gasteiger partial charge on any atom is 0.261 e. The van der Waals surface area contributed by atoms with E-state index in [1.165, 1.54) is 30.5 Å². The minimum atomic E-state index is -3.79. The van der Waals surface area contributed by atoms with Crippen molar-refractivity contribution in [2.24, 2.45) is 0 Å². The molecule has 3 aromatic carbocycles. The van der Waals surface area contributed by atoms with E-state index in [0.717, 1.165) is 25.2 Å². The highest BCUT2D eigenvalue weighted by molar-refractivity contribution is 7.92. The van der Waals surface area contributed by atoms with E-state index in [-0.39, 0.29) is 10.8 Å². The van der Waals surface area contributed by atoms with E-state index in [0.29, 0.717) is 23.4 Å². The van der Waals surface area contributed by atoms with Crippen LogP contribution in [-0.2, 0) is 23.1 Å². The molecule has 0 saturated carbocycles. The largest absolute Gasteiger partial charge is 0.389 e. The Kier molecular flexibility index (Phi) is 7.85. The molecule has 1 aliphatic rings. The average Bonchev–Trinajstić information content (AvgIpc) is 3.37. The topological polar surface area (TPSA) is 98.7 Å². The molecular formula is C27H31N3O4S. The molecule has 1 atom stereocenters. The third-order valence-electron chi connectivity index (χ3n) is 6.22. The molecule has 1 aliphatic heterocycles. The summed E-state index contributed by atoms with van der Waals surface area (Å²) in [6.45, 7) is 5.17. The van der Waals surface area contributed by atoms with Crippen LogP contribution in [0, 0.1) is 0 Å². The van der Waals surface area contributed by atoms with Crippen molar-refractivity contribution in [3.05, 3.63) is 95.1 Å². The molecule has 1 unspecified atom stereocenters. The van der Waals surface area contributed by atoms with Crippen LogP contribution >= 0.6 is 0 Å². The lowest BCUT2D eigenvalue weighted by Crippen LogP contribution is -2.25. The lowest BCUT2D eigenvalue weighted by Gasteiger charge is -2.17. The molecule has 8 heteroatoms. The number of benzene rings is 3. The van der Waals surface area contributed by atoms with Crippen molar-refractivity contribution in [2.45, 2.75) is 43.9 Å². The second-order valence-electron chi connectivity index (χ2n) is 8.86. The van der Waals surface area contributed by atoms with Crippen LogP contribution in [0.25, 0.3) is 0 Å². The number of nitrogens with zero attached hydrogens (tertiary/aromatic N) is 1. The highest BCUT2D eigenvalue weighted by atomic mass is 32.2. The third kappa shape index (κ3) is 6.48. The smallest absolute Gasteiger partial charge is 0.261 e. The van der Waals surface area contributed by atoms with Gasteiger partial charge >= 0.3 is 0 Å². The standard InChI is InChI=1S/C27H31N3O4S/c1-20(31)21-10-14-26(15-11-21)35(33,34)29-25-12-8-22(9-13-25)27(32)28-18-23-6-2-3-7-24(23)19-30-16-4-5-17-30/h2-3,6-15,20,29,31H,4-5,16-19H2,1H3,(H,28,32). The van der Waals surface area contributed by atoms with Crippen LogP contribution < -0.4 is 10.0 Å². The normalized spacial score (nSPS) is 15.0. The van der Waals surface area contributed by atoms with Gasteiger partial charge in [0.15, 0.2) is 0 Å². The van der Waals surface area contributed by atoms with Crippen LogP contribution in [-0.4, -0.2) is 37.4 Å². The molecule has 3 aromatic rings. The van der Waals surface area contributed by atoms with E-state index < -0.39 is 16.1 Å². The van der Waals surface area contributed by atoms with Crippen LogP contribution in [0.15, 0.2) is 77.7 Å². The zero-order valence-corrected chi connectivity index (χ0v) is 20.6.